The van der Waals surface area contributed by atoms with Gasteiger partial charge in [0.15, 0.2) is 5.76 Å². The van der Waals surface area contributed by atoms with Gasteiger partial charge in [-0.2, -0.15) is 0 Å². The summed E-state index contributed by atoms with van der Waals surface area (Å²) in [6.45, 7) is 6.01. The lowest BCUT2D eigenvalue weighted by molar-refractivity contribution is 0.289. The van der Waals surface area contributed by atoms with Crippen LogP contribution in [0.5, 0.6) is 0 Å². The van der Waals surface area contributed by atoms with E-state index in [2.05, 4.69) is 10.5 Å². The van der Waals surface area contributed by atoms with Crippen molar-refractivity contribution in [3.05, 3.63) is 17.5 Å². The minimum Gasteiger partial charge on any atom is -0.359 e. The SMILES string of the molecule is CNC(C)(C)c1cc(C)no1. The highest BCUT2D eigenvalue weighted by Crippen LogP contribution is 2.19. The van der Waals surface area contributed by atoms with Gasteiger partial charge in [0.25, 0.3) is 0 Å². The Morgan fingerprint density at radius 1 is 1.55 bits per heavy atom. The number of nitrogens with one attached hydrogen (secondary N) is 1. The summed E-state index contributed by atoms with van der Waals surface area (Å²) in [5, 5.41) is 6.95. The molecule has 0 saturated heterocycles. The lowest BCUT2D eigenvalue weighted by atomic mass is 10.0. The largest absolute Gasteiger partial charge is 0.359 e. The Balaban J connectivity index is 2.92. The molecule has 0 spiro atoms. The summed E-state index contributed by atoms with van der Waals surface area (Å²) in [4.78, 5) is 0. The smallest absolute Gasteiger partial charge is 0.156 e. The zero-order valence-corrected chi connectivity index (χ0v) is 7.43. The van der Waals surface area contributed by atoms with E-state index in [0.717, 1.165) is 11.5 Å². The summed E-state index contributed by atoms with van der Waals surface area (Å²) in [5.41, 5.74) is 0.796. The van der Waals surface area contributed by atoms with Crippen LogP contribution in [0, 0.1) is 6.92 Å². The monoisotopic (exact) mass is 154 g/mol. The molecule has 0 unspecified atom stereocenters. The van der Waals surface area contributed by atoms with E-state index >= 15 is 0 Å². The molecule has 0 radical (unpaired) electrons. The van der Waals surface area contributed by atoms with Crippen LogP contribution in [0.15, 0.2) is 10.6 Å². The van der Waals surface area contributed by atoms with Crippen LogP contribution >= 0.6 is 0 Å². The minimum absolute atomic E-state index is 0.124. The topological polar surface area (TPSA) is 38.1 Å². The predicted molar refractivity (Wildman–Crippen MR) is 43.3 cm³/mol. The summed E-state index contributed by atoms with van der Waals surface area (Å²) in [6, 6.07) is 1.94. The van der Waals surface area contributed by atoms with Crippen molar-refractivity contribution >= 4 is 0 Å². The number of nitrogens with zero attached hydrogens (tertiary/aromatic N) is 1. The van der Waals surface area contributed by atoms with E-state index in [1.807, 2.05) is 33.9 Å². The van der Waals surface area contributed by atoms with Crippen LogP contribution in [-0.2, 0) is 5.54 Å². The molecule has 0 fully saturated rings. The van der Waals surface area contributed by atoms with Crippen LogP contribution in [0.4, 0.5) is 0 Å². The van der Waals surface area contributed by atoms with E-state index in [9.17, 15) is 0 Å². The molecule has 1 heterocycles. The van der Waals surface area contributed by atoms with Crippen LogP contribution < -0.4 is 5.32 Å². The van der Waals surface area contributed by atoms with Gasteiger partial charge in [0.2, 0.25) is 0 Å². The summed E-state index contributed by atoms with van der Waals surface area (Å²) >= 11 is 0. The fourth-order valence-corrected chi connectivity index (χ4v) is 0.781. The second-order valence-corrected chi connectivity index (χ2v) is 3.21. The highest BCUT2D eigenvalue weighted by Gasteiger charge is 2.22. The lowest BCUT2D eigenvalue weighted by Gasteiger charge is -2.19. The van der Waals surface area contributed by atoms with Gasteiger partial charge in [-0.25, -0.2) is 0 Å². The molecule has 0 aliphatic rings. The maximum Gasteiger partial charge on any atom is 0.156 e. The summed E-state index contributed by atoms with van der Waals surface area (Å²) in [6.07, 6.45) is 0. The molecule has 0 amide bonds. The van der Waals surface area contributed by atoms with Crippen molar-refractivity contribution in [1.82, 2.24) is 10.5 Å². The van der Waals surface area contributed by atoms with E-state index in [0.29, 0.717) is 0 Å². The van der Waals surface area contributed by atoms with E-state index in [1.165, 1.54) is 0 Å². The fourth-order valence-electron chi connectivity index (χ4n) is 0.781. The molecule has 0 saturated carbocycles. The molecule has 3 heteroatoms. The average molecular weight is 154 g/mol. The van der Waals surface area contributed by atoms with Gasteiger partial charge in [-0.15, -0.1) is 0 Å². The molecule has 62 valence electrons. The first-order valence-corrected chi connectivity index (χ1v) is 3.69. The van der Waals surface area contributed by atoms with Crippen molar-refractivity contribution in [1.29, 1.82) is 0 Å². The van der Waals surface area contributed by atoms with E-state index in [4.69, 9.17) is 4.52 Å². The van der Waals surface area contributed by atoms with Crippen molar-refractivity contribution in [2.75, 3.05) is 7.05 Å². The highest BCUT2D eigenvalue weighted by molar-refractivity contribution is 5.11. The van der Waals surface area contributed by atoms with Crippen molar-refractivity contribution in [2.45, 2.75) is 26.3 Å². The first kappa shape index (κ1) is 8.27. The van der Waals surface area contributed by atoms with Crippen LogP contribution in [-0.4, -0.2) is 12.2 Å². The standard InChI is InChI=1S/C8H14N2O/c1-6-5-7(11-10-6)8(2,3)9-4/h5,9H,1-4H3. The van der Waals surface area contributed by atoms with Gasteiger partial charge in [0, 0.05) is 6.07 Å². The Morgan fingerprint density at radius 2 is 2.18 bits per heavy atom. The van der Waals surface area contributed by atoms with E-state index in [1.54, 1.807) is 0 Å². The van der Waals surface area contributed by atoms with Gasteiger partial charge < -0.3 is 9.84 Å². The summed E-state index contributed by atoms with van der Waals surface area (Å²) < 4.78 is 5.11. The Kier molecular flexibility index (Phi) is 2.00. The fraction of sp³-hybridized carbons (Fsp3) is 0.625. The van der Waals surface area contributed by atoms with Gasteiger partial charge >= 0.3 is 0 Å². The van der Waals surface area contributed by atoms with Gasteiger partial charge in [0.05, 0.1) is 11.2 Å². The zero-order valence-electron chi connectivity index (χ0n) is 7.43. The van der Waals surface area contributed by atoms with Crippen molar-refractivity contribution < 1.29 is 4.52 Å². The summed E-state index contributed by atoms with van der Waals surface area (Å²) in [7, 11) is 1.90. The van der Waals surface area contributed by atoms with E-state index in [-0.39, 0.29) is 5.54 Å². The highest BCUT2D eigenvalue weighted by atomic mass is 16.5. The van der Waals surface area contributed by atoms with Crippen molar-refractivity contribution in [3.63, 3.8) is 0 Å². The molecular weight excluding hydrogens is 140 g/mol. The van der Waals surface area contributed by atoms with Crippen LogP contribution in [0.3, 0.4) is 0 Å². The third-order valence-corrected chi connectivity index (χ3v) is 1.87. The van der Waals surface area contributed by atoms with Gasteiger partial charge in [-0.3, -0.25) is 0 Å². The van der Waals surface area contributed by atoms with Crippen molar-refractivity contribution in [2.24, 2.45) is 0 Å². The second kappa shape index (κ2) is 2.66. The lowest BCUT2D eigenvalue weighted by Crippen LogP contribution is -2.32. The number of hydrogen-bond donors (Lipinski definition) is 1. The average Bonchev–Trinajstić information content (AvgIpc) is 2.36. The van der Waals surface area contributed by atoms with Crippen LogP contribution in [0.1, 0.15) is 25.3 Å². The second-order valence-electron chi connectivity index (χ2n) is 3.21. The number of rotatable bonds is 2. The number of aromatic nitrogens is 1. The molecule has 1 aromatic heterocycles. The van der Waals surface area contributed by atoms with Gasteiger partial charge in [-0.1, -0.05) is 5.16 Å². The first-order valence-electron chi connectivity index (χ1n) is 3.69. The molecule has 0 aliphatic carbocycles. The Bertz CT molecular complexity index is 240. The molecule has 0 atom stereocenters. The molecule has 0 bridgehead atoms. The predicted octanol–water partition coefficient (Wildman–Crippen LogP) is 1.44. The molecule has 1 rings (SSSR count). The van der Waals surface area contributed by atoms with Crippen molar-refractivity contribution in [3.8, 4) is 0 Å². The van der Waals surface area contributed by atoms with Crippen LogP contribution in [0.2, 0.25) is 0 Å². The third kappa shape index (κ3) is 1.60. The molecule has 3 nitrogen and oxygen atoms in total. The minimum atomic E-state index is -0.124. The first-order chi connectivity index (χ1) is 5.06. The Hall–Kier alpha value is -0.830. The maximum absolute atomic E-state index is 5.11. The molecule has 0 aliphatic heterocycles. The maximum atomic E-state index is 5.11. The molecule has 11 heavy (non-hydrogen) atoms. The molecule has 1 aromatic rings. The zero-order chi connectivity index (χ0) is 8.48. The normalized spacial score (nSPS) is 12.0. The number of hydrogen-bond acceptors (Lipinski definition) is 3. The van der Waals surface area contributed by atoms with Gasteiger partial charge in [-0.05, 0) is 27.8 Å². The number of aryl methyl sites for hydroxylation is 1. The molecule has 1 N–H and O–H groups in total. The summed E-state index contributed by atoms with van der Waals surface area (Å²) in [5.74, 6) is 0.873. The Morgan fingerprint density at radius 3 is 2.55 bits per heavy atom. The van der Waals surface area contributed by atoms with E-state index < -0.39 is 0 Å². The van der Waals surface area contributed by atoms with Gasteiger partial charge in [0.1, 0.15) is 0 Å². The molecule has 0 aromatic carbocycles. The quantitative estimate of drug-likeness (QED) is 0.700. The Labute approximate surface area is 66.8 Å². The molecular formula is C8H14N2O. The van der Waals surface area contributed by atoms with Crippen LogP contribution in [0.25, 0.3) is 0 Å². The third-order valence-electron chi connectivity index (χ3n) is 1.87.